The van der Waals surface area contributed by atoms with Crippen molar-refractivity contribution in [2.45, 2.75) is 23.0 Å². The lowest BCUT2D eigenvalue weighted by molar-refractivity contribution is -0.822. The Hall–Kier alpha value is -0.770. The first-order chi connectivity index (χ1) is 8.61. The molecular formula is C10H17FIN4O2+. The summed E-state index contributed by atoms with van der Waals surface area (Å²) in [5.41, 5.74) is 4.72. The minimum atomic E-state index is -0.538. The van der Waals surface area contributed by atoms with Crippen LogP contribution in [0.1, 0.15) is 6.92 Å². The number of amides is 1. The highest BCUT2D eigenvalue weighted by Gasteiger charge is 2.38. The van der Waals surface area contributed by atoms with Crippen LogP contribution in [0.15, 0.2) is 12.4 Å². The number of hydrogen-bond donors (Lipinski definition) is 2. The van der Waals surface area contributed by atoms with Crippen LogP contribution < -0.4 is 11.0 Å². The van der Waals surface area contributed by atoms with Crippen molar-refractivity contribution in [2.75, 3.05) is 19.8 Å². The fraction of sp³-hybridized carbons (Fsp3) is 0.700. The number of quaternary nitrogens is 1. The van der Waals surface area contributed by atoms with Crippen LogP contribution in [0.5, 0.6) is 0 Å². The van der Waals surface area contributed by atoms with Crippen molar-refractivity contribution in [3.8, 4) is 0 Å². The second-order valence-corrected chi connectivity index (χ2v) is 6.33. The number of hydrogen-bond acceptors (Lipinski definition) is 4. The Morgan fingerprint density at radius 2 is 2.56 bits per heavy atom. The molecule has 0 aromatic heterocycles. The molecule has 2 aliphatic rings. The molecule has 0 aromatic rings. The summed E-state index contributed by atoms with van der Waals surface area (Å²) in [5.74, 6) is 0. The average molecular weight is 371 g/mol. The fourth-order valence-corrected chi connectivity index (χ4v) is 2.61. The van der Waals surface area contributed by atoms with E-state index in [0.29, 0.717) is 13.1 Å². The molecule has 102 valence electrons. The normalized spacial score (nSPS) is 26.2. The summed E-state index contributed by atoms with van der Waals surface area (Å²) in [5, 5.41) is 1.90. The van der Waals surface area contributed by atoms with E-state index in [1.807, 2.05) is 18.1 Å². The standard InChI is InChI=1S/C10H16FIN4O2/c1-7(12)9(4-11)16-6-8(18-10(16)17)5-15-3-2-13-14-15/h2-3,7-9,13-14H,4-6H2,1H3/p+1. The molecule has 3 unspecified atom stereocenters. The molecule has 0 aliphatic carbocycles. The van der Waals surface area contributed by atoms with Gasteiger partial charge in [-0.2, -0.15) is 0 Å². The molecule has 0 aromatic carbocycles. The Morgan fingerprint density at radius 1 is 1.78 bits per heavy atom. The maximum atomic E-state index is 13.0. The molecule has 2 aliphatic heterocycles. The quantitative estimate of drug-likeness (QED) is 0.397. The summed E-state index contributed by atoms with van der Waals surface area (Å²) in [6.45, 7) is 2.38. The lowest BCUT2D eigenvalue weighted by atomic mass is 10.2. The lowest BCUT2D eigenvalue weighted by Crippen LogP contribution is -2.97. The van der Waals surface area contributed by atoms with Crippen molar-refractivity contribution in [1.29, 1.82) is 0 Å². The van der Waals surface area contributed by atoms with Gasteiger partial charge < -0.3 is 4.74 Å². The predicted molar refractivity (Wildman–Crippen MR) is 71.1 cm³/mol. The first-order valence-electron chi connectivity index (χ1n) is 5.81. The molecule has 6 nitrogen and oxygen atoms in total. The van der Waals surface area contributed by atoms with Gasteiger partial charge in [0.15, 0.2) is 0 Å². The highest BCUT2D eigenvalue weighted by molar-refractivity contribution is 14.1. The van der Waals surface area contributed by atoms with Gasteiger partial charge in [0.25, 0.3) is 0 Å². The zero-order valence-electron chi connectivity index (χ0n) is 10.1. The van der Waals surface area contributed by atoms with Crippen LogP contribution in [0, 0.1) is 0 Å². The van der Waals surface area contributed by atoms with Gasteiger partial charge in [0.2, 0.25) is 0 Å². The zero-order chi connectivity index (χ0) is 13.1. The number of cyclic esters (lactones) is 1. The number of ether oxygens (including phenoxy) is 1. The van der Waals surface area contributed by atoms with Gasteiger partial charge in [-0.3, -0.25) is 4.90 Å². The number of rotatable bonds is 5. The molecule has 0 bridgehead atoms. The summed E-state index contributed by atoms with van der Waals surface area (Å²) >= 11 is 2.13. The number of halogens is 2. The summed E-state index contributed by atoms with van der Waals surface area (Å²) in [4.78, 5) is 13.2. The monoisotopic (exact) mass is 371 g/mol. The minimum absolute atomic E-state index is 0.0545. The van der Waals surface area contributed by atoms with Crippen molar-refractivity contribution in [3.63, 3.8) is 0 Å². The van der Waals surface area contributed by atoms with Crippen LogP contribution in [-0.4, -0.2) is 51.8 Å². The molecule has 1 fully saturated rings. The second-order valence-electron chi connectivity index (χ2n) is 4.37. The van der Waals surface area contributed by atoms with Gasteiger partial charge in [-0.15, -0.1) is 5.53 Å². The molecule has 0 spiro atoms. The Bertz CT molecular complexity index is 342. The number of nitrogens with two attached hydrogens (primary N) is 1. The number of alkyl halides is 2. The molecule has 1 amide bonds. The van der Waals surface area contributed by atoms with Crippen LogP contribution in [0.25, 0.3) is 0 Å². The van der Waals surface area contributed by atoms with Gasteiger partial charge in [0.05, 0.1) is 25.0 Å². The van der Waals surface area contributed by atoms with E-state index in [0.717, 1.165) is 0 Å². The largest absolute Gasteiger partial charge is 0.442 e. The molecule has 18 heavy (non-hydrogen) atoms. The van der Waals surface area contributed by atoms with Crippen molar-refractivity contribution >= 4 is 28.7 Å². The van der Waals surface area contributed by atoms with E-state index in [-0.39, 0.29) is 10.0 Å². The Labute approximate surface area is 119 Å². The summed E-state index contributed by atoms with van der Waals surface area (Å²) < 4.78 is 18.3. The fourth-order valence-electron chi connectivity index (χ4n) is 2.03. The summed E-state index contributed by atoms with van der Waals surface area (Å²) in [7, 11) is 0. The number of nitrogens with one attached hydrogen (secondary N) is 1. The molecule has 3 N–H and O–H groups in total. The van der Waals surface area contributed by atoms with Gasteiger partial charge >= 0.3 is 6.09 Å². The summed E-state index contributed by atoms with van der Waals surface area (Å²) in [6, 6.07) is -0.403. The van der Waals surface area contributed by atoms with Crippen LogP contribution in [0.4, 0.5) is 9.18 Å². The molecule has 0 radical (unpaired) electrons. The maximum Gasteiger partial charge on any atom is 0.410 e. The molecule has 2 rings (SSSR count). The first-order valence-corrected chi connectivity index (χ1v) is 7.05. The predicted octanol–water partition coefficient (Wildman–Crippen LogP) is -0.261. The first kappa shape index (κ1) is 13.7. The lowest BCUT2D eigenvalue weighted by Gasteiger charge is -2.25. The number of carbonyl (C=O) groups is 1. The number of nitrogens with zero attached hydrogens (tertiary/aromatic N) is 2. The van der Waals surface area contributed by atoms with E-state index >= 15 is 0 Å². The van der Waals surface area contributed by atoms with Crippen molar-refractivity contribution in [1.82, 2.24) is 15.3 Å². The van der Waals surface area contributed by atoms with Gasteiger partial charge in [-0.1, -0.05) is 29.5 Å². The van der Waals surface area contributed by atoms with E-state index in [1.54, 1.807) is 11.7 Å². The van der Waals surface area contributed by atoms with E-state index in [2.05, 4.69) is 28.0 Å². The molecular weight excluding hydrogens is 354 g/mol. The van der Waals surface area contributed by atoms with E-state index in [4.69, 9.17) is 4.74 Å². The maximum absolute atomic E-state index is 13.0. The topological polar surface area (TPSA) is 61.4 Å². The second kappa shape index (κ2) is 5.91. The van der Waals surface area contributed by atoms with Crippen molar-refractivity contribution in [3.05, 3.63) is 12.4 Å². The Kier molecular flexibility index (Phi) is 4.49. The SMILES string of the molecule is CC(I)C(CF)N1CC(CN2C=CN[NH2+]2)OC1=O. The van der Waals surface area contributed by atoms with Crippen LogP contribution in [0.3, 0.4) is 0 Å². The Morgan fingerprint density at radius 3 is 3.11 bits per heavy atom. The third-order valence-electron chi connectivity index (χ3n) is 3.01. The summed E-state index contributed by atoms with van der Waals surface area (Å²) in [6.07, 6.45) is 3.03. The third kappa shape index (κ3) is 2.97. The Balaban J connectivity index is 1.91. The molecule has 3 atom stereocenters. The molecule has 1 saturated heterocycles. The van der Waals surface area contributed by atoms with Gasteiger partial charge in [-0.25, -0.2) is 19.6 Å². The van der Waals surface area contributed by atoms with Gasteiger partial charge in [-0.05, 0) is 0 Å². The van der Waals surface area contributed by atoms with E-state index in [9.17, 15) is 9.18 Å². The highest BCUT2D eigenvalue weighted by atomic mass is 127. The van der Waals surface area contributed by atoms with Crippen LogP contribution in [-0.2, 0) is 4.74 Å². The smallest absolute Gasteiger partial charge is 0.410 e. The zero-order valence-corrected chi connectivity index (χ0v) is 12.2. The van der Waals surface area contributed by atoms with Crippen molar-refractivity contribution in [2.24, 2.45) is 0 Å². The van der Waals surface area contributed by atoms with E-state index < -0.39 is 18.8 Å². The van der Waals surface area contributed by atoms with Crippen LogP contribution >= 0.6 is 22.6 Å². The van der Waals surface area contributed by atoms with E-state index in [1.165, 1.54) is 4.90 Å². The highest BCUT2D eigenvalue weighted by Crippen LogP contribution is 2.21. The molecule has 0 saturated carbocycles. The molecule has 8 heteroatoms. The van der Waals surface area contributed by atoms with Crippen LogP contribution in [0.2, 0.25) is 0 Å². The molecule has 2 heterocycles. The number of carbonyl (C=O) groups excluding carboxylic acids is 1. The average Bonchev–Trinajstić information content (AvgIpc) is 2.91. The van der Waals surface area contributed by atoms with Gasteiger partial charge in [0, 0.05) is 3.92 Å². The minimum Gasteiger partial charge on any atom is -0.442 e. The van der Waals surface area contributed by atoms with Gasteiger partial charge in [0.1, 0.15) is 19.3 Å². The third-order valence-corrected chi connectivity index (χ3v) is 3.84. The van der Waals surface area contributed by atoms with Crippen molar-refractivity contribution < 1.29 is 19.5 Å².